The smallest absolute Gasteiger partial charge is 0.212 e. The van der Waals surface area contributed by atoms with E-state index in [1.807, 2.05) is 35.4 Å². The van der Waals surface area contributed by atoms with Crippen molar-refractivity contribution in [3.63, 3.8) is 0 Å². The third-order valence-corrected chi connectivity index (χ3v) is 10.6. The quantitative estimate of drug-likeness (QED) is 0.268. The first-order chi connectivity index (χ1) is 22.0. The maximum Gasteiger partial charge on any atom is 0.212 e. The number of ether oxygens (including phenoxy) is 2. The number of piperidine rings is 1. The van der Waals surface area contributed by atoms with E-state index in [-0.39, 0.29) is 0 Å². The molecular weight excluding hydrogens is 564 g/mol. The number of pyridine rings is 3. The van der Waals surface area contributed by atoms with Gasteiger partial charge in [-0.2, -0.15) is 5.10 Å². The summed E-state index contributed by atoms with van der Waals surface area (Å²) in [7, 11) is 3.90. The summed E-state index contributed by atoms with van der Waals surface area (Å²) in [6.45, 7) is 11.6. The van der Waals surface area contributed by atoms with Gasteiger partial charge in [-0.05, 0) is 61.1 Å². The molecule has 5 saturated heterocycles. The summed E-state index contributed by atoms with van der Waals surface area (Å²) in [5, 5.41) is 4.70. The van der Waals surface area contributed by atoms with Gasteiger partial charge in [0.05, 0.1) is 25.0 Å². The minimum absolute atomic E-state index is 0.543. The Morgan fingerprint density at radius 2 is 1.73 bits per heavy atom. The number of fused-ring (bicyclic) bond motifs is 4. The summed E-state index contributed by atoms with van der Waals surface area (Å²) in [6, 6.07) is 11.7. The lowest BCUT2D eigenvalue weighted by Gasteiger charge is -2.56. The van der Waals surface area contributed by atoms with E-state index in [9.17, 15) is 0 Å². The Labute approximate surface area is 265 Å². The second-order valence-electron chi connectivity index (χ2n) is 13.5. The fraction of sp³-hybridized carbons (Fsp3) is 0.514. The average molecular weight is 609 g/mol. The number of hydrogen-bond acceptors (Lipinski definition) is 9. The van der Waals surface area contributed by atoms with E-state index in [1.165, 1.54) is 43.7 Å². The van der Waals surface area contributed by atoms with E-state index >= 15 is 0 Å². The molecule has 0 aromatic carbocycles. The van der Waals surface area contributed by atoms with Gasteiger partial charge in [0.2, 0.25) is 5.88 Å². The van der Waals surface area contributed by atoms with Crippen LogP contribution in [0.3, 0.4) is 0 Å². The zero-order valence-electron chi connectivity index (χ0n) is 26.7. The van der Waals surface area contributed by atoms with Crippen LogP contribution in [0, 0.1) is 11.8 Å². The Bertz CT molecular complexity index is 1610. The van der Waals surface area contributed by atoms with Crippen LogP contribution in [0.25, 0.3) is 16.6 Å². The van der Waals surface area contributed by atoms with Crippen molar-refractivity contribution in [1.29, 1.82) is 0 Å². The van der Waals surface area contributed by atoms with E-state index in [2.05, 4.69) is 62.8 Å². The normalized spacial score (nSPS) is 25.1. The molecule has 9 rings (SSSR count). The highest BCUT2D eigenvalue weighted by molar-refractivity contribution is 5.83. The molecule has 0 spiro atoms. The number of aromatic nitrogens is 4. The van der Waals surface area contributed by atoms with Crippen molar-refractivity contribution in [3.8, 4) is 22.8 Å². The average Bonchev–Trinajstić information content (AvgIpc) is 3.76. The number of hydrogen-bond donors (Lipinski definition) is 0. The molecule has 0 saturated carbocycles. The molecule has 0 amide bonds. The van der Waals surface area contributed by atoms with Gasteiger partial charge in [0.1, 0.15) is 18.2 Å². The molecule has 4 atom stereocenters. The molecule has 0 aliphatic carbocycles. The maximum atomic E-state index is 6.37. The Morgan fingerprint density at radius 1 is 0.911 bits per heavy atom. The number of piperazine rings is 1. The van der Waals surface area contributed by atoms with Crippen LogP contribution >= 0.6 is 0 Å². The highest BCUT2D eigenvalue weighted by atomic mass is 16.5. The van der Waals surface area contributed by atoms with Gasteiger partial charge in [-0.25, -0.2) is 14.5 Å². The van der Waals surface area contributed by atoms with Gasteiger partial charge in [0.15, 0.2) is 0 Å². The van der Waals surface area contributed by atoms with Crippen LogP contribution in [0.2, 0.25) is 0 Å². The number of nitrogens with zero attached hydrogens (tertiary/aromatic N) is 8. The van der Waals surface area contributed by atoms with Crippen LogP contribution in [0.15, 0.2) is 55.1 Å². The zero-order chi connectivity index (χ0) is 30.5. The number of likely N-dealkylation sites (tertiary alicyclic amines) is 2. The first kappa shape index (κ1) is 28.7. The molecule has 10 nitrogen and oxygen atoms in total. The van der Waals surface area contributed by atoms with Crippen LogP contribution in [-0.4, -0.2) is 113 Å². The van der Waals surface area contributed by atoms with Gasteiger partial charge in [-0.1, -0.05) is 13.0 Å². The third kappa shape index (κ3) is 5.53. The summed E-state index contributed by atoms with van der Waals surface area (Å²) in [5.74, 6) is 4.20. The fourth-order valence-corrected chi connectivity index (χ4v) is 8.22. The highest BCUT2D eigenvalue weighted by Gasteiger charge is 2.44. The second kappa shape index (κ2) is 11.9. The summed E-state index contributed by atoms with van der Waals surface area (Å²) < 4.78 is 13.6. The Morgan fingerprint density at radius 3 is 2.42 bits per heavy atom. The first-order valence-electron chi connectivity index (χ1n) is 16.5. The minimum Gasteiger partial charge on any atom is -0.491 e. The summed E-state index contributed by atoms with van der Waals surface area (Å²) >= 11 is 0. The monoisotopic (exact) mass is 608 g/mol. The van der Waals surface area contributed by atoms with Crippen molar-refractivity contribution in [2.24, 2.45) is 11.8 Å². The Kier molecular flexibility index (Phi) is 7.59. The van der Waals surface area contributed by atoms with Crippen LogP contribution in [0.4, 0.5) is 5.82 Å². The van der Waals surface area contributed by atoms with Crippen molar-refractivity contribution in [2.75, 3.05) is 71.5 Å². The molecule has 5 fully saturated rings. The summed E-state index contributed by atoms with van der Waals surface area (Å²) in [4.78, 5) is 19.5. The van der Waals surface area contributed by atoms with Gasteiger partial charge >= 0.3 is 0 Å². The molecule has 236 valence electrons. The van der Waals surface area contributed by atoms with Gasteiger partial charge < -0.3 is 19.3 Å². The van der Waals surface area contributed by atoms with E-state index < -0.39 is 0 Å². The van der Waals surface area contributed by atoms with Crippen molar-refractivity contribution in [3.05, 3.63) is 66.2 Å². The standard InChI is InChI=1S/C35H44N8O2/c1-4-25-15-38-43-23-31(45-10-9-40-19-27-17-39(2)18-28(27)20-40)12-32(35(25)43)26-6-7-33(36-14-26)41-21-29-11-30(22-41)42(29)16-24-5-8-34(44-3)37-13-24/h5-8,12-15,23,27-30H,4,9-11,16-22H2,1-3H3. The van der Waals surface area contributed by atoms with E-state index in [4.69, 9.17) is 19.6 Å². The second-order valence-corrected chi connectivity index (χ2v) is 13.5. The molecular formula is C35H44N8O2. The number of aryl methyl sites for hydroxylation is 1. The Hall–Kier alpha value is -3.73. The van der Waals surface area contributed by atoms with Crippen LogP contribution < -0.4 is 14.4 Å². The lowest BCUT2D eigenvalue weighted by atomic mass is 9.87. The predicted molar refractivity (Wildman–Crippen MR) is 175 cm³/mol. The lowest BCUT2D eigenvalue weighted by molar-refractivity contribution is -0.00876. The van der Waals surface area contributed by atoms with Crippen molar-refractivity contribution in [2.45, 2.75) is 38.4 Å². The molecule has 10 heteroatoms. The Balaban J connectivity index is 0.939. The molecule has 4 unspecified atom stereocenters. The van der Waals surface area contributed by atoms with Crippen LogP contribution in [0.1, 0.15) is 24.5 Å². The molecule has 4 aromatic heterocycles. The third-order valence-electron chi connectivity index (χ3n) is 10.6. The minimum atomic E-state index is 0.543. The van der Waals surface area contributed by atoms with Crippen molar-refractivity contribution >= 4 is 11.3 Å². The van der Waals surface area contributed by atoms with Crippen LogP contribution in [-0.2, 0) is 13.0 Å². The summed E-state index contributed by atoms with van der Waals surface area (Å²) in [6.07, 6.45) is 10.2. The molecule has 5 aliphatic rings. The zero-order valence-corrected chi connectivity index (χ0v) is 26.7. The van der Waals surface area contributed by atoms with Crippen molar-refractivity contribution in [1.82, 2.24) is 34.3 Å². The first-order valence-corrected chi connectivity index (χ1v) is 16.5. The predicted octanol–water partition coefficient (Wildman–Crippen LogP) is 3.70. The molecule has 4 aromatic rings. The molecule has 9 heterocycles. The molecule has 5 aliphatic heterocycles. The molecule has 45 heavy (non-hydrogen) atoms. The van der Waals surface area contributed by atoms with Gasteiger partial charge in [-0.3, -0.25) is 9.80 Å². The van der Waals surface area contributed by atoms with Gasteiger partial charge in [0, 0.05) is 94.0 Å². The lowest BCUT2D eigenvalue weighted by Crippen LogP contribution is -2.68. The molecule has 0 N–H and O–H groups in total. The highest BCUT2D eigenvalue weighted by Crippen LogP contribution is 2.37. The van der Waals surface area contributed by atoms with Crippen molar-refractivity contribution < 1.29 is 9.47 Å². The number of methoxy groups -OCH3 is 1. The summed E-state index contributed by atoms with van der Waals surface area (Å²) in [5.41, 5.74) is 5.82. The number of anilines is 1. The van der Waals surface area contributed by atoms with Gasteiger partial charge in [0.25, 0.3) is 0 Å². The molecule has 0 radical (unpaired) electrons. The SMILES string of the molecule is CCc1cnn2cc(OCCN3CC4CN(C)CC4C3)cc(-c3ccc(N4CC5CC(C4)N5Cc4ccc(OC)nc4)nc3)c12. The largest absolute Gasteiger partial charge is 0.491 e. The van der Waals surface area contributed by atoms with Gasteiger partial charge in [-0.15, -0.1) is 0 Å². The van der Waals surface area contributed by atoms with E-state index in [0.717, 1.165) is 72.6 Å². The topological polar surface area (TPSA) is 74.5 Å². The van der Waals surface area contributed by atoms with E-state index in [1.54, 1.807) is 7.11 Å². The molecule has 2 bridgehead atoms. The fourth-order valence-electron chi connectivity index (χ4n) is 8.22. The van der Waals surface area contributed by atoms with E-state index in [0.29, 0.717) is 24.6 Å². The maximum absolute atomic E-state index is 6.37. The van der Waals surface area contributed by atoms with Crippen LogP contribution in [0.5, 0.6) is 11.6 Å². The number of rotatable bonds is 10.